The van der Waals surface area contributed by atoms with Crippen LogP contribution in [-0.4, -0.2) is 36.0 Å². The molecular weight excluding hydrogens is 206 g/mol. The number of likely N-dealkylation sites (N-methyl/N-ethyl adjacent to an activating group) is 1. The lowest BCUT2D eigenvalue weighted by Crippen LogP contribution is -2.26. The zero-order chi connectivity index (χ0) is 11.3. The first-order valence-electron chi connectivity index (χ1n) is 5.11. The minimum atomic E-state index is -0.263. The van der Waals surface area contributed by atoms with E-state index in [0.29, 0.717) is 6.54 Å². The molecule has 1 aromatic carbocycles. The molecule has 0 aliphatic rings. The third kappa shape index (κ3) is 4.69. The van der Waals surface area contributed by atoms with Gasteiger partial charge in [-0.2, -0.15) is 0 Å². The van der Waals surface area contributed by atoms with Crippen LogP contribution in [0.15, 0.2) is 29.2 Å². The van der Waals surface area contributed by atoms with Crippen LogP contribution < -0.4 is 0 Å². The minimum Gasteiger partial charge on any atom is -0.392 e. The molecule has 2 nitrogen and oxygen atoms in total. The third-order valence-corrected chi connectivity index (χ3v) is 2.93. The average molecular weight is 225 g/mol. The molecule has 0 saturated heterocycles. The van der Waals surface area contributed by atoms with E-state index >= 15 is 0 Å². The Morgan fingerprint density at radius 3 is 2.40 bits per heavy atom. The Morgan fingerprint density at radius 2 is 1.93 bits per heavy atom. The second kappa shape index (κ2) is 6.16. The van der Waals surface area contributed by atoms with Crippen LogP contribution in [0, 0.1) is 0 Å². The van der Waals surface area contributed by atoms with Gasteiger partial charge in [0.05, 0.1) is 6.10 Å². The van der Waals surface area contributed by atoms with Gasteiger partial charge in [-0.25, -0.2) is 0 Å². The van der Waals surface area contributed by atoms with Crippen molar-refractivity contribution in [2.45, 2.75) is 24.5 Å². The van der Waals surface area contributed by atoms with Crippen LogP contribution in [0.4, 0.5) is 0 Å². The maximum absolute atomic E-state index is 9.24. The number of rotatable bonds is 5. The van der Waals surface area contributed by atoms with Gasteiger partial charge in [-0.05, 0) is 37.9 Å². The summed E-state index contributed by atoms with van der Waals surface area (Å²) in [4.78, 5) is 3.41. The topological polar surface area (TPSA) is 23.5 Å². The fourth-order valence-corrected chi connectivity index (χ4v) is 1.97. The molecule has 0 aromatic heterocycles. The van der Waals surface area contributed by atoms with Crippen molar-refractivity contribution in [1.82, 2.24) is 4.90 Å². The number of nitrogens with zero attached hydrogens (tertiary/aromatic N) is 1. The van der Waals surface area contributed by atoms with Crippen LogP contribution >= 0.6 is 11.8 Å². The number of benzene rings is 1. The van der Waals surface area contributed by atoms with Crippen molar-refractivity contribution < 1.29 is 5.11 Å². The number of aliphatic hydroxyl groups excluding tert-OH is 1. The van der Waals surface area contributed by atoms with E-state index < -0.39 is 0 Å². The summed E-state index contributed by atoms with van der Waals surface area (Å²) in [5, 5.41) is 9.24. The monoisotopic (exact) mass is 225 g/mol. The highest BCUT2D eigenvalue weighted by atomic mass is 32.2. The lowest BCUT2D eigenvalue weighted by molar-refractivity contribution is 0.138. The van der Waals surface area contributed by atoms with Crippen LogP contribution in [0.2, 0.25) is 0 Å². The summed E-state index contributed by atoms with van der Waals surface area (Å²) < 4.78 is 0. The van der Waals surface area contributed by atoms with Crippen LogP contribution in [0.3, 0.4) is 0 Å². The van der Waals surface area contributed by atoms with Gasteiger partial charge in [-0.3, -0.25) is 4.90 Å². The molecule has 1 atom stereocenters. The SMILES string of the molecule is CSc1ccc(CN(C)C[C@H](C)O)cc1. The van der Waals surface area contributed by atoms with Gasteiger partial charge in [-0.15, -0.1) is 11.8 Å². The quantitative estimate of drug-likeness (QED) is 0.777. The van der Waals surface area contributed by atoms with Crippen molar-refractivity contribution in [3.8, 4) is 0 Å². The molecule has 0 bridgehead atoms. The predicted octanol–water partition coefficient (Wildman–Crippen LogP) is 2.22. The van der Waals surface area contributed by atoms with Crippen LogP contribution in [-0.2, 0) is 6.54 Å². The van der Waals surface area contributed by atoms with Gasteiger partial charge < -0.3 is 5.11 Å². The molecule has 3 heteroatoms. The summed E-state index contributed by atoms with van der Waals surface area (Å²) in [6, 6.07) is 8.56. The van der Waals surface area contributed by atoms with E-state index in [1.165, 1.54) is 10.5 Å². The predicted molar refractivity (Wildman–Crippen MR) is 66.2 cm³/mol. The fraction of sp³-hybridized carbons (Fsp3) is 0.500. The van der Waals surface area contributed by atoms with Crippen LogP contribution in [0.5, 0.6) is 0 Å². The van der Waals surface area contributed by atoms with Gasteiger partial charge in [0, 0.05) is 18.0 Å². The number of aliphatic hydroxyl groups is 1. The number of thioether (sulfide) groups is 1. The van der Waals surface area contributed by atoms with Gasteiger partial charge >= 0.3 is 0 Å². The van der Waals surface area contributed by atoms with Crippen molar-refractivity contribution in [3.63, 3.8) is 0 Å². The highest BCUT2D eigenvalue weighted by molar-refractivity contribution is 7.98. The molecule has 0 heterocycles. The second-order valence-electron chi connectivity index (χ2n) is 3.89. The van der Waals surface area contributed by atoms with Crippen molar-refractivity contribution in [2.75, 3.05) is 19.8 Å². The Balaban J connectivity index is 2.49. The summed E-state index contributed by atoms with van der Waals surface area (Å²) in [6.07, 6.45) is 1.81. The molecule has 0 amide bonds. The van der Waals surface area contributed by atoms with Gasteiger partial charge in [0.15, 0.2) is 0 Å². The first kappa shape index (κ1) is 12.6. The van der Waals surface area contributed by atoms with Crippen molar-refractivity contribution in [2.24, 2.45) is 0 Å². The normalized spacial score (nSPS) is 13.1. The second-order valence-corrected chi connectivity index (χ2v) is 4.77. The molecule has 1 aromatic rings. The Kier molecular flexibility index (Phi) is 5.15. The Morgan fingerprint density at radius 1 is 1.33 bits per heavy atom. The standard InChI is InChI=1S/C12H19NOS/c1-10(14)8-13(2)9-11-4-6-12(15-3)7-5-11/h4-7,10,14H,8-9H2,1-3H3/t10-/m0/s1. The molecule has 84 valence electrons. The van der Waals surface area contributed by atoms with Crippen molar-refractivity contribution in [1.29, 1.82) is 0 Å². The van der Waals surface area contributed by atoms with Gasteiger partial charge in [-0.1, -0.05) is 12.1 Å². The van der Waals surface area contributed by atoms with E-state index in [9.17, 15) is 5.11 Å². The highest BCUT2D eigenvalue weighted by Gasteiger charge is 2.03. The summed E-state index contributed by atoms with van der Waals surface area (Å²) >= 11 is 1.75. The van der Waals surface area contributed by atoms with Crippen LogP contribution in [0.1, 0.15) is 12.5 Å². The number of hydrogen-bond donors (Lipinski definition) is 1. The molecule has 0 spiro atoms. The fourth-order valence-electron chi connectivity index (χ4n) is 1.56. The lowest BCUT2D eigenvalue weighted by Gasteiger charge is -2.18. The molecule has 1 N–H and O–H groups in total. The lowest BCUT2D eigenvalue weighted by atomic mass is 10.2. The Bertz CT molecular complexity index is 284. The first-order chi connectivity index (χ1) is 7.11. The van der Waals surface area contributed by atoms with Crippen LogP contribution in [0.25, 0.3) is 0 Å². The maximum Gasteiger partial charge on any atom is 0.0639 e. The maximum atomic E-state index is 9.24. The molecule has 0 saturated carbocycles. The van der Waals surface area contributed by atoms with Crippen molar-refractivity contribution in [3.05, 3.63) is 29.8 Å². The molecule has 0 fully saturated rings. The molecule has 0 radical (unpaired) electrons. The van der Waals surface area contributed by atoms with Crippen molar-refractivity contribution >= 4 is 11.8 Å². The molecule has 15 heavy (non-hydrogen) atoms. The van der Waals surface area contributed by atoms with Gasteiger partial charge in [0.1, 0.15) is 0 Å². The minimum absolute atomic E-state index is 0.263. The molecular formula is C12H19NOS. The summed E-state index contributed by atoms with van der Waals surface area (Å²) in [6.45, 7) is 3.41. The molecule has 0 aliphatic carbocycles. The van der Waals surface area contributed by atoms with E-state index in [2.05, 4.69) is 35.4 Å². The molecule has 1 rings (SSSR count). The third-order valence-electron chi connectivity index (χ3n) is 2.19. The van der Waals surface area contributed by atoms with E-state index in [-0.39, 0.29) is 6.10 Å². The average Bonchev–Trinajstić information content (AvgIpc) is 2.17. The first-order valence-corrected chi connectivity index (χ1v) is 6.34. The Hall–Kier alpha value is -0.510. The van der Waals surface area contributed by atoms with E-state index in [1.807, 2.05) is 14.0 Å². The highest BCUT2D eigenvalue weighted by Crippen LogP contribution is 2.15. The zero-order valence-corrected chi connectivity index (χ0v) is 10.4. The zero-order valence-electron chi connectivity index (χ0n) is 9.60. The smallest absolute Gasteiger partial charge is 0.0639 e. The largest absolute Gasteiger partial charge is 0.392 e. The summed E-state index contributed by atoms with van der Waals surface area (Å²) in [7, 11) is 2.02. The summed E-state index contributed by atoms with van der Waals surface area (Å²) in [5.74, 6) is 0. The van der Waals surface area contributed by atoms with E-state index in [4.69, 9.17) is 0 Å². The van der Waals surface area contributed by atoms with Gasteiger partial charge in [0.2, 0.25) is 0 Å². The number of hydrogen-bond acceptors (Lipinski definition) is 3. The molecule has 0 aliphatic heterocycles. The van der Waals surface area contributed by atoms with Gasteiger partial charge in [0.25, 0.3) is 0 Å². The Labute approximate surface area is 96.3 Å². The van der Waals surface area contributed by atoms with E-state index in [1.54, 1.807) is 11.8 Å². The van der Waals surface area contributed by atoms with E-state index in [0.717, 1.165) is 6.54 Å². The summed E-state index contributed by atoms with van der Waals surface area (Å²) in [5.41, 5.74) is 1.29. The molecule has 0 unspecified atom stereocenters.